The second kappa shape index (κ2) is 8.25. The molecule has 0 fully saturated rings. The largest absolute Gasteiger partial charge is 0.340 e. The van der Waals surface area contributed by atoms with E-state index in [1.54, 1.807) is 0 Å². The third-order valence-corrected chi connectivity index (χ3v) is 5.42. The highest BCUT2D eigenvalue weighted by Gasteiger charge is 2.13. The van der Waals surface area contributed by atoms with E-state index >= 15 is 0 Å². The summed E-state index contributed by atoms with van der Waals surface area (Å²) in [6.07, 6.45) is 0. The Morgan fingerprint density at radius 1 is 0.750 bits per heavy atom. The van der Waals surface area contributed by atoms with E-state index in [0.29, 0.717) is 21.8 Å². The van der Waals surface area contributed by atoms with Crippen LogP contribution in [-0.4, -0.2) is 9.97 Å². The van der Waals surface area contributed by atoms with Gasteiger partial charge in [-0.05, 0) is 64.5 Å². The van der Waals surface area contributed by atoms with Gasteiger partial charge in [0, 0.05) is 35.8 Å². The normalized spacial score (nSPS) is 10.9. The molecule has 0 amide bonds. The molecule has 0 unspecified atom stereocenters. The average molecular weight is 539 g/mol. The van der Waals surface area contributed by atoms with Crippen LogP contribution >= 0.6 is 55.1 Å². The van der Waals surface area contributed by atoms with Crippen molar-refractivity contribution in [3.8, 4) is 0 Å². The number of hydrogen-bond donors (Lipinski definition) is 2. The first-order valence-electron chi connectivity index (χ1n) is 8.20. The predicted octanol–water partition coefficient (Wildman–Crippen LogP) is 7.95. The van der Waals surface area contributed by atoms with E-state index in [-0.39, 0.29) is 0 Å². The Balaban J connectivity index is 1.83. The molecule has 4 nitrogen and oxygen atoms in total. The number of benzene rings is 3. The Bertz CT molecular complexity index is 1180. The molecule has 0 atom stereocenters. The lowest BCUT2D eigenvalue weighted by atomic mass is 10.2. The van der Waals surface area contributed by atoms with E-state index in [1.807, 2.05) is 60.7 Å². The minimum atomic E-state index is 0.447. The van der Waals surface area contributed by atoms with E-state index in [1.165, 1.54) is 0 Å². The summed E-state index contributed by atoms with van der Waals surface area (Å²) < 4.78 is 1.77. The zero-order chi connectivity index (χ0) is 19.7. The van der Waals surface area contributed by atoms with Crippen molar-refractivity contribution in [3.63, 3.8) is 0 Å². The van der Waals surface area contributed by atoms with Gasteiger partial charge in [-0.3, -0.25) is 0 Å². The van der Waals surface area contributed by atoms with Crippen molar-refractivity contribution in [2.75, 3.05) is 10.6 Å². The molecule has 0 spiro atoms. The molecular formula is C20H12Br2Cl2N4. The summed E-state index contributed by atoms with van der Waals surface area (Å²) in [5.74, 6) is 1.10. The molecule has 4 aromatic rings. The van der Waals surface area contributed by atoms with E-state index < -0.39 is 0 Å². The SMILES string of the molecule is Clc1cccc(Nc2nc(Nc3cccc(Cl)c3)c3cc(Br)cc(Br)c3n2)c1. The highest BCUT2D eigenvalue weighted by atomic mass is 79.9. The topological polar surface area (TPSA) is 49.8 Å². The van der Waals surface area contributed by atoms with Crippen molar-refractivity contribution < 1.29 is 0 Å². The van der Waals surface area contributed by atoms with Crippen LogP contribution in [-0.2, 0) is 0 Å². The quantitative estimate of drug-likeness (QED) is 0.277. The van der Waals surface area contributed by atoms with E-state index in [2.05, 4.69) is 52.5 Å². The molecule has 2 N–H and O–H groups in total. The number of anilines is 4. The number of nitrogens with one attached hydrogen (secondary N) is 2. The molecule has 4 rings (SSSR count). The van der Waals surface area contributed by atoms with E-state index in [0.717, 1.165) is 31.2 Å². The number of hydrogen-bond acceptors (Lipinski definition) is 4. The highest BCUT2D eigenvalue weighted by Crippen LogP contribution is 2.34. The Labute approximate surface area is 188 Å². The fourth-order valence-electron chi connectivity index (χ4n) is 2.71. The van der Waals surface area contributed by atoms with Crippen molar-refractivity contribution in [2.24, 2.45) is 0 Å². The molecule has 140 valence electrons. The van der Waals surface area contributed by atoms with Crippen LogP contribution in [0.15, 0.2) is 69.6 Å². The zero-order valence-electron chi connectivity index (χ0n) is 14.2. The molecule has 1 heterocycles. The smallest absolute Gasteiger partial charge is 0.229 e. The zero-order valence-corrected chi connectivity index (χ0v) is 18.9. The number of fused-ring (bicyclic) bond motifs is 1. The maximum atomic E-state index is 6.12. The van der Waals surface area contributed by atoms with Gasteiger partial charge in [0.05, 0.1) is 5.52 Å². The minimum Gasteiger partial charge on any atom is -0.340 e. The van der Waals surface area contributed by atoms with Gasteiger partial charge in [0.2, 0.25) is 5.95 Å². The minimum absolute atomic E-state index is 0.447. The molecule has 1 aromatic heterocycles. The van der Waals surface area contributed by atoms with Crippen LogP contribution in [0.1, 0.15) is 0 Å². The number of rotatable bonds is 4. The third kappa shape index (κ3) is 4.41. The van der Waals surface area contributed by atoms with E-state index in [9.17, 15) is 0 Å². The van der Waals surface area contributed by atoms with Crippen LogP contribution in [0.5, 0.6) is 0 Å². The lowest BCUT2D eigenvalue weighted by Gasteiger charge is -2.13. The van der Waals surface area contributed by atoms with Crippen LogP contribution < -0.4 is 10.6 Å². The predicted molar refractivity (Wildman–Crippen MR) is 124 cm³/mol. The first kappa shape index (κ1) is 19.5. The molecule has 0 saturated heterocycles. The van der Waals surface area contributed by atoms with Crippen molar-refractivity contribution in [1.82, 2.24) is 9.97 Å². The summed E-state index contributed by atoms with van der Waals surface area (Å²) in [5.41, 5.74) is 2.40. The van der Waals surface area contributed by atoms with Crippen LogP contribution in [0, 0.1) is 0 Å². The van der Waals surface area contributed by atoms with Gasteiger partial charge in [-0.15, -0.1) is 0 Å². The van der Waals surface area contributed by atoms with Gasteiger partial charge in [-0.1, -0.05) is 51.3 Å². The average Bonchev–Trinajstić information content (AvgIpc) is 2.63. The number of halogens is 4. The Morgan fingerprint density at radius 3 is 2.04 bits per heavy atom. The molecule has 8 heteroatoms. The van der Waals surface area contributed by atoms with Gasteiger partial charge in [0.25, 0.3) is 0 Å². The second-order valence-corrected chi connectivity index (χ2v) is 8.59. The van der Waals surface area contributed by atoms with Gasteiger partial charge in [-0.2, -0.15) is 4.98 Å². The van der Waals surface area contributed by atoms with Crippen LogP contribution in [0.4, 0.5) is 23.1 Å². The molecule has 0 aliphatic rings. The first-order valence-corrected chi connectivity index (χ1v) is 10.5. The molecule has 0 bridgehead atoms. The van der Waals surface area contributed by atoms with Crippen molar-refractivity contribution >= 4 is 89.1 Å². The van der Waals surface area contributed by atoms with Gasteiger partial charge in [-0.25, -0.2) is 4.98 Å². The maximum Gasteiger partial charge on any atom is 0.229 e. The van der Waals surface area contributed by atoms with Gasteiger partial charge in [0.1, 0.15) is 5.82 Å². The molecule has 0 aliphatic heterocycles. The lowest BCUT2D eigenvalue weighted by Crippen LogP contribution is -2.03. The Morgan fingerprint density at radius 2 is 1.39 bits per heavy atom. The maximum absolute atomic E-state index is 6.12. The van der Waals surface area contributed by atoms with Crippen molar-refractivity contribution in [1.29, 1.82) is 0 Å². The Hall–Kier alpha value is -1.86. The fraction of sp³-hybridized carbons (Fsp3) is 0. The van der Waals surface area contributed by atoms with Crippen LogP contribution in [0.2, 0.25) is 10.0 Å². The number of aromatic nitrogens is 2. The molecule has 28 heavy (non-hydrogen) atoms. The van der Waals surface area contributed by atoms with Crippen LogP contribution in [0.3, 0.4) is 0 Å². The highest BCUT2D eigenvalue weighted by molar-refractivity contribution is 9.11. The molecule has 0 saturated carbocycles. The lowest BCUT2D eigenvalue weighted by molar-refractivity contribution is 1.21. The molecule has 0 aliphatic carbocycles. The van der Waals surface area contributed by atoms with Crippen molar-refractivity contribution in [2.45, 2.75) is 0 Å². The first-order chi connectivity index (χ1) is 13.5. The monoisotopic (exact) mass is 536 g/mol. The number of nitrogens with zero attached hydrogens (tertiary/aromatic N) is 2. The Kier molecular flexibility index (Phi) is 5.73. The van der Waals surface area contributed by atoms with Gasteiger partial charge >= 0.3 is 0 Å². The summed E-state index contributed by atoms with van der Waals surface area (Å²) in [7, 11) is 0. The standard InChI is InChI=1S/C20H12Br2Cl2N4/c21-11-7-16-18(17(22)8-11)27-20(26-15-6-2-4-13(24)10-15)28-19(16)25-14-5-1-3-12(23)9-14/h1-10H,(H2,25,26,27,28). The second-order valence-electron chi connectivity index (χ2n) is 5.95. The molecule has 0 radical (unpaired) electrons. The van der Waals surface area contributed by atoms with Crippen LogP contribution in [0.25, 0.3) is 10.9 Å². The van der Waals surface area contributed by atoms with E-state index in [4.69, 9.17) is 23.2 Å². The third-order valence-electron chi connectivity index (χ3n) is 3.89. The summed E-state index contributed by atoms with van der Waals surface area (Å²) in [6.45, 7) is 0. The molecule has 3 aromatic carbocycles. The summed E-state index contributed by atoms with van der Waals surface area (Å²) in [5, 5.41) is 8.68. The fourth-order valence-corrected chi connectivity index (χ4v) is 4.40. The molecular weight excluding hydrogens is 527 g/mol. The summed E-state index contributed by atoms with van der Waals surface area (Å²) in [4.78, 5) is 9.33. The van der Waals surface area contributed by atoms with Gasteiger partial charge < -0.3 is 10.6 Å². The summed E-state index contributed by atoms with van der Waals surface area (Å²) in [6, 6.07) is 18.8. The van der Waals surface area contributed by atoms with Gasteiger partial charge in [0.15, 0.2) is 0 Å². The van der Waals surface area contributed by atoms with Crippen molar-refractivity contribution in [3.05, 3.63) is 79.7 Å². The summed E-state index contributed by atoms with van der Waals surface area (Å²) >= 11 is 19.3.